The first-order valence-electron chi connectivity index (χ1n) is 11.7. The average molecular weight is 413 g/mol. The molecule has 0 spiro atoms. The molecule has 0 aromatic heterocycles. The summed E-state index contributed by atoms with van der Waals surface area (Å²) in [5.74, 6) is 0.598. The number of aryl methyl sites for hydroxylation is 1. The molecule has 0 aliphatic heterocycles. The van der Waals surface area contributed by atoms with E-state index in [-0.39, 0.29) is 18.7 Å². The minimum absolute atomic E-state index is 0.0780. The van der Waals surface area contributed by atoms with E-state index in [1.54, 1.807) is 6.07 Å². The van der Waals surface area contributed by atoms with E-state index in [0.29, 0.717) is 24.7 Å². The van der Waals surface area contributed by atoms with Gasteiger partial charge in [0.05, 0.1) is 5.92 Å². The first-order chi connectivity index (χ1) is 13.9. The average Bonchev–Trinajstić information content (AvgIpc) is 2.72. The van der Waals surface area contributed by atoms with Gasteiger partial charge >= 0.3 is 6.18 Å². The van der Waals surface area contributed by atoms with Crippen molar-refractivity contribution in [3.05, 3.63) is 35.1 Å². The predicted octanol–water partition coefficient (Wildman–Crippen LogP) is 8.59. The van der Waals surface area contributed by atoms with E-state index in [0.717, 1.165) is 42.7 Å². The van der Waals surface area contributed by atoms with Crippen molar-refractivity contribution in [3.8, 4) is 0 Å². The van der Waals surface area contributed by atoms with Crippen LogP contribution in [0.15, 0.2) is 18.2 Å². The van der Waals surface area contributed by atoms with Crippen LogP contribution in [0.5, 0.6) is 0 Å². The summed E-state index contributed by atoms with van der Waals surface area (Å²) in [7, 11) is 0. The number of hydrogen-bond donors (Lipinski definition) is 0. The van der Waals surface area contributed by atoms with E-state index in [9.17, 15) is 17.6 Å². The highest BCUT2D eigenvalue weighted by Gasteiger charge is 2.41. The predicted molar refractivity (Wildman–Crippen MR) is 110 cm³/mol. The maximum absolute atomic E-state index is 14.6. The maximum Gasteiger partial charge on any atom is 0.391 e. The molecule has 4 heteroatoms. The number of unbranched alkanes of at least 4 members (excludes halogenated alkanes) is 1. The van der Waals surface area contributed by atoms with Gasteiger partial charge in [-0.3, -0.25) is 0 Å². The Morgan fingerprint density at radius 1 is 0.862 bits per heavy atom. The first kappa shape index (κ1) is 22.6. The highest BCUT2D eigenvalue weighted by atomic mass is 19.4. The Hall–Kier alpha value is -1.06. The molecular weight excluding hydrogens is 376 g/mol. The fourth-order valence-electron chi connectivity index (χ4n) is 5.45. The van der Waals surface area contributed by atoms with Crippen LogP contribution in [0.4, 0.5) is 17.6 Å². The molecule has 1 aromatic carbocycles. The molecule has 2 aliphatic carbocycles. The molecule has 0 atom stereocenters. The quantitative estimate of drug-likeness (QED) is 0.311. The largest absolute Gasteiger partial charge is 0.391 e. The second-order valence-electron chi connectivity index (χ2n) is 9.48. The zero-order valence-electron chi connectivity index (χ0n) is 17.7. The number of benzene rings is 1. The van der Waals surface area contributed by atoms with Gasteiger partial charge in [0.15, 0.2) is 0 Å². The van der Waals surface area contributed by atoms with Gasteiger partial charge in [-0.2, -0.15) is 13.2 Å². The number of rotatable bonds is 7. The Morgan fingerprint density at radius 2 is 1.52 bits per heavy atom. The minimum atomic E-state index is -4.02. The summed E-state index contributed by atoms with van der Waals surface area (Å²) in [6.45, 7) is 2.26. The van der Waals surface area contributed by atoms with Crippen molar-refractivity contribution in [1.29, 1.82) is 0 Å². The number of alkyl halides is 3. The molecule has 0 heterocycles. The van der Waals surface area contributed by atoms with E-state index >= 15 is 0 Å². The molecule has 0 N–H and O–H groups in total. The molecule has 0 bridgehead atoms. The van der Waals surface area contributed by atoms with E-state index in [2.05, 4.69) is 13.0 Å². The molecule has 3 rings (SSSR count). The van der Waals surface area contributed by atoms with Crippen molar-refractivity contribution >= 4 is 0 Å². The van der Waals surface area contributed by atoms with Crippen LogP contribution in [-0.4, -0.2) is 6.18 Å². The number of hydrogen-bond acceptors (Lipinski definition) is 0. The Balaban J connectivity index is 1.38. The third-order valence-electron chi connectivity index (χ3n) is 7.59. The summed E-state index contributed by atoms with van der Waals surface area (Å²) in [5, 5.41) is 0. The van der Waals surface area contributed by atoms with Gasteiger partial charge in [0.2, 0.25) is 0 Å². The van der Waals surface area contributed by atoms with Crippen molar-refractivity contribution in [2.24, 2.45) is 17.8 Å². The molecule has 1 aromatic rings. The van der Waals surface area contributed by atoms with Gasteiger partial charge in [-0.1, -0.05) is 38.3 Å². The fourth-order valence-corrected chi connectivity index (χ4v) is 5.45. The van der Waals surface area contributed by atoms with Gasteiger partial charge in [0.1, 0.15) is 5.82 Å². The van der Waals surface area contributed by atoms with Crippen molar-refractivity contribution in [2.45, 2.75) is 102 Å². The monoisotopic (exact) mass is 412 g/mol. The third kappa shape index (κ3) is 6.46. The van der Waals surface area contributed by atoms with Crippen LogP contribution in [0.2, 0.25) is 0 Å². The summed E-state index contributed by atoms with van der Waals surface area (Å²) in [6, 6.07) is 5.84. The lowest BCUT2D eigenvalue weighted by Crippen LogP contribution is -2.27. The molecule has 0 nitrogen and oxygen atoms in total. The van der Waals surface area contributed by atoms with E-state index in [4.69, 9.17) is 0 Å². The van der Waals surface area contributed by atoms with Gasteiger partial charge in [0, 0.05) is 0 Å². The van der Waals surface area contributed by atoms with Gasteiger partial charge in [-0.25, -0.2) is 4.39 Å². The SMILES string of the molecule is CCC1CCC(c2ccc(CCCCC3CCC(C(F)(F)F)CC3)c(F)c2)CC1. The van der Waals surface area contributed by atoms with E-state index < -0.39 is 12.1 Å². The lowest BCUT2D eigenvalue weighted by molar-refractivity contribution is -0.184. The lowest BCUT2D eigenvalue weighted by Gasteiger charge is -2.29. The van der Waals surface area contributed by atoms with Crippen molar-refractivity contribution in [2.75, 3.05) is 0 Å². The van der Waals surface area contributed by atoms with Crippen LogP contribution in [0, 0.1) is 23.6 Å². The van der Waals surface area contributed by atoms with Gasteiger partial charge in [-0.15, -0.1) is 0 Å². The maximum atomic E-state index is 14.6. The Kier molecular flexibility index (Phi) is 8.04. The Bertz CT molecular complexity index is 620. The summed E-state index contributed by atoms with van der Waals surface area (Å²) in [5.41, 5.74) is 1.94. The molecule has 0 saturated heterocycles. The summed E-state index contributed by atoms with van der Waals surface area (Å²) >= 11 is 0. The molecule has 164 valence electrons. The summed E-state index contributed by atoms with van der Waals surface area (Å²) < 4.78 is 52.8. The zero-order valence-corrected chi connectivity index (χ0v) is 17.7. The molecule has 0 amide bonds. The Labute approximate surface area is 173 Å². The van der Waals surface area contributed by atoms with Crippen LogP contribution in [0.1, 0.15) is 101 Å². The lowest BCUT2D eigenvalue weighted by atomic mass is 9.77. The first-order valence-corrected chi connectivity index (χ1v) is 11.7. The van der Waals surface area contributed by atoms with E-state index in [1.165, 1.54) is 32.1 Å². The zero-order chi connectivity index (χ0) is 20.9. The second kappa shape index (κ2) is 10.3. The highest BCUT2D eigenvalue weighted by molar-refractivity contribution is 5.27. The van der Waals surface area contributed by atoms with Crippen molar-refractivity contribution in [1.82, 2.24) is 0 Å². The molecular formula is C25H36F4. The smallest absolute Gasteiger partial charge is 0.207 e. The third-order valence-corrected chi connectivity index (χ3v) is 7.59. The molecule has 0 radical (unpaired) electrons. The Morgan fingerprint density at radius 3 is 2.10 bits per heavy atom. The summed E-state index contributed by atoms with van der Waals surface area (Å²) in [6.07, 6.45) is 7.63. The van der Waals surface area contributed by atoms with Gasteiger partial charge in [0.25, 0.3) is 0 Å². The summed E-state index contributed by atoms with van der Waals surface area (Å²) in [4.78, 5) is 0. The molecule has 29 heavy (non-hydrogen) atoms. The molecule has 2 saturated carbocycles. The van der Waals surface area contributed by atoms with Gasteiger partial charge < -0.3 is 0 Å². The van der Waals surface area contributed by atoms with Crippen LogP contribution in [-0.2, 0) is 6.42 Å². The van der Waals surface area contributed by atoms with Crippen LogP contribution in [0.3, 0.4) is 0 Å². The minimum Gasteiger partial charge on any atom is -0.207 e. The normalized spacial score (nSPS) is 28.4. The molecule has 2 aliphatic rings. The molecule has 0 unspecified atom stereocenters. The van der Waals surface area contributed by atoms with Gasteiger partial charge in [-0.05, 0) is 99.2 Å². The standard InChI is InChI=1S/C25H36F4/c1-2-18-7-11-20(12-8-18)22-14-13-21(24(26)17-22)6-4-3-5-19-9-15-23(16-10-19)25(27,28)29/h13-14,17-20,23H,2-12,15-16H2,1H3. The topological polar surface area (TPSA) is 0 Å². The van der Waals surface area contributed by atoms with Crippen molar-refractivity contribution in [3.63, 3.8) is 0 Å². The van der Waals surface area contributed by atoms with Crippen LogP contribution >= 0.6 is 0 Å². The number of halogens is 4. The second-order valence-corrected chi connectivity index (χ2v) is 9.48. The molecule has 2 fully saturated rings. The van der Waals surface area contributed by atoms with Crippen LogP contribution in [0.25, 0.3) is 0 Å². The van der Waals surface area contributed by atoms with Crippen molar-refractivity contribution < 1.29 is 17.6 Å². The van der Waals surface area contributed by atoms with E-state index in [1.807, 2.05) is 6.07 Å². The highest BCUT2D eigenvalue weighted by Crippen LogP contribution is 2.41. The van der Waals surface area contributed by atoms with Crippen LogP contribution < -0.4 is 0 Å². The fraction of sp³-hybridized carbons (Fsp3) is 0.760.